The summed E-state index contributed by atoms with van der Waals surface area (Å²) in [5.41, 5.74) is 2.65. The van der Waals surface area contributed by atoms with Gasteiger partial charge in [0.05, 0.1) is 11.9 Å². The number of hydrogen-bond donors (Lipinski definition) is 2. The first-order chi connectivity index (χ1) is 10.5. The highest BCUT2D eigenvalue weighted by Crippen LogP contribution is 2.14. The summed E-state index contributed by atoms with van der Waals surface area (Å²) in [6.07, 6.45) is 1.21. The van der Waals surface area contributed by atoms with Crippen LogP contribution < -0.4 is 10.7 Å². The normalized spacial score (nSPS) is 10.7. The number of benzene rings is 2. The van der Waals surface area contributed by atoms with E-state index in [1.165, 1.54) is 18.3 Å². The quantitative estimate of drug-likeness (QED) is 0.392. The summed E-state index contributed by atoms with van der Waals surface area (Å²) in [6, 6.07) is 6.18. The molecule has 0 atom stereocenters. The van der Waals surface area contributed by atoms with Crippen molar-refractivity contribution in [1.29, 1.82) is 0 Å². The number of hydrazone groups is 1. The molecular weight excluding hydrogens is 318 g/mol. The van der Waals surface area contributed by atoms with Gasteiger partial charge in [-0.15, -0.1) is 0 Å². The molecule has 3 nitrogen and oxygen atoms in total. The van der Waals surface area contributed by atoms with Crippen LogP contribution in [0.5, 0.6) is 0 Å². The lowest BCUT2D eigenvalue weighted by Gasteiger charge is -2.07. The Morgan fingerprint density at radius 1 is 0.955 bits per heavy atom. The Morgan fingerprint density at radius 2 is 1.73 bits per heavy atom. The van der Waals surface area contributed by atoms with Crippen molar-refractivity contribution in [3.05, 3.63) is 65.2 Å². The lowest BCUT2D eigenvalue weighted by molar-refractivity contribution is 0.508. The number of thiocarbonyl (C=S) groups is 1. The van der Waals surface area contributed by atoms with Gasteiger partial charge in [-0.1, -0.05) is 6.07 Å². The van der Waals surface area contributed by atoms with Gasteiger partial charge in [0.2, 0.25) is 0 Å². The van der Waals surface area contributed by atoms with Crippen molar-refractivity contribution in [1.82, 2.24) is 5.43 Å². The zero-order chi connectivity index (χ0) is 16.1. The van der Waals surface area contributed by atoms with Crippen molar-refractivity contribution in [3.8, 4) is 0 Å². The molecule has 8 heteroatoms. The summed E-state index contributed by atoms with van der Waals surface area (Å²) < 4.78 is 51.8. The van der Waals surface area contributed by atoms with E-state index in [1.54, 1.807) is 0 Å². The molecule has 0 aliphatic heterocycles. The molecule has 0 spiro atoms. The maximum absolute atomic E-state index is 13.4. The second-order valence-electron chi connectivity index (χ2n) is 4.12. The molecule has 0 heterocycles. The molecule has 0 aromatic heterocycles. The first kappa shape index (κ1) is 15.9. The molecule has 0 amide bonds. The molecule has 114 valence electrons. The maximum atomic E-state index is 13.4. The first-order valence-corrected chi connectivity index (χ1v) is 6.36. The summed E-state index contributed by atoms with van der Waals surface area (Å²) in [5, 5.41) is 6.11. The van der Waals surface area contributed by atoms with Crippen LogP contribution in [0.25, 0.3) is 0 Å². The van der Waals surface area contributed by atoms with E-state index in [1.807, 2.05) is 0 Å². The van der Waals surface area contributed by atoms with E-state index in [0.29, 0.717) is 11.6 Å². The molecular formula is C14H9F4N3S. The van der Waals surface area contributed by atoms with Gasteiger partial charge in [-0.05, 0) is 42.0 Å². The van der Waals surface area contributed by atoms with Crippen LogP contribution in [0.1, 0.15) is 5.56 Å². The predicted molar refractivity (Wildman–Crippen MR) is 79.7 cm³/mol. The SMILES string of the molecule is Fc1ccc(NC(=S)N/N=C/c2ccc(F)c(F)c2)c(F)c1. The van der Waals surface area contributed by atoms with Gasteiger partial charge >= 0.3 is 0 Å². The molecule has 0 saturated heterocycles. The van der Waals surface area contributed by atoms with Crippen molar-refractivity contribution in [2.45, 2.75) is 0 Å². The van der Waals surface area contributed by atoms with Crippen LogP contribution in [-0.2, 0) is 0 Å². The van der Waals surface area contributed by atoms with Crippen LogP contribution in [0, 0.1) is 23.3 Å². The van der Waals surface area contributed by atoms with E-state index in [-0.39, 0.29) is 10.8 Å². The van der Waals surface area contributed by atoms with E-state index in [0.717, 1.165) is 18.2 Å². The van der Waals surface area contributed by atoms with E-state index < -0.39 is 23.3 Å². The number of anilines is 1. The second-order valence-corrected chi connectivity index (χ2v) is 4.53. The highest BCUT2D eigenvalue weighted by atomic mass is 32.1. The first-order valence-electron chi connectivity index (χ1n) is 5.96. The third kappa shape index (κ3) is 4.26. The molecule has 0 aliphatic carbocycles. The van der Waals surface area contributed by atoms with E-state index in [9.17, 15) is 17.6 Å². The number of hydrogen-bond acceptors (Lipinski definition) is 2. The van der Waals surface area contributed by atoms with Crippen LogP contribution in [0.3, 0.4) is 0 Å². The van der Waals surface area contributed by atoms with Crippen molar-refractivity contribution in [2.75, 3.05) is 5.32 Å². The third-order valence-corrected chi connectivity index (χ3v) is 2.70. The Hall–Kier alpha value is -2.48. The zero-order valence-electron chi connectivity index (χ0n) is 10.9. The van der Waals surface area contributed by atoms with E-state index in [2.05, 4.69) is 15.8 Å². The smallest absolute Gasteiger partial charge is 0.191 e. The largest absolute Gasteiger partial charge is 0.329 e. The highest BCUT2D eigenvalue weighted by Gasteiger charge is 2.05. The van der Waals surface area contributed by atoms with Crippen LogP contribution in [-0.4, -0.2) is 11.3 Å². The minimum Gasteiger partial charge on any atom is -0.329 e. The molecule has 2 aromatic rings. The maximum Gasteiger partial charge on any atom is 0.191 e. The minimum absolute atomic E-state index is 0.0260. The van der Waals surface area contributed by atoms with Crippen molar-refractivity contribution in [3.63, 3.8) is 0 Å². The van der Waals surface area contributed by atoms with Gasteiger partial charge < -0.3 is 5.32 Å². The summed E-state index contributed by atoms with van der Waals surface area (Å²) in [5.74, 6) is -3.49. The summed E-state index contributed by atoms with van der Waals surface area (Å²) in [6.45, 7) is 0. The lowest BCUT2D eigenvalue weighted by atomic mass is 10.2. The van der Waals surface area contributed by atoms with E-state index in [4.69, 9.17) is 12.2 Å². The van der Waals surface area contributed by atoms with Crippen molar-refractivity contribution >= 4 is 29.2 Å². The van der Waals surface area contributed by atoms with Gasteiger partial charge in [0.25, 0.3) is 0 Å². The molecule has 0 saturated carbocycles. The Kier molecular flexibility index (Phi) is 5.05. The molecule has 2 rings (SSSR count). The van der Waals surface area contributed by atoms with Crippen LogP contribution in [0.4, 0.5) is 23.2 Å². The minimum atomic E-state index is -1.00. The molecule has 0 radical (unpaired) electrons. The standard InChI is InChI=1S/C14H9F4N3S/c15-9-2-4-13(12(18)6-9)20-14(22)21-19-7-8-1-3-10(16)11(17)5-8/h1-7H,(H2,20,21,22)/b19-7+. The van der Waals surface area contributed by atoms with Gasteiger partial charge in [0.1, 0.15) is 11.6 Å². The van der Waals surface area contributed by atoms with Crippen molar-refractivity contribution in [2.24, 2.45) is 5.10 Å². The fraction of sp³-hybridized carbons (Fsp3) is 0. The Morgan fingerprint density at radius 3 is 2.41 bits per heavy atom. The van der Waals surface area contributed by atoms with Crippen LogP contribution >= 0.6 is 12.2 Å². The average Bonchev–Trinajstić information content (AvgIpc) is 2.46. The van der Waals surface area contributed by atoms with Gasteiger partial charge in [-0.25, -0.2) is 17.6 Å². The van der Waals surface area contributed by atoms with Crippen LogP contribution in [0.15, 0.2) is 41.5 Å². The number of rotatable bonds is 3. The number of halogens is 4. The Labute approximate surface area is 128 Å². The average molecular weight is 327 g/mol. The van der Waals surface area contributed by atoms with Crippen LogP contribution in [0.2, 0.25) is 0 Å². The van der Waals surface area contributed by atoms with Crippen molar-refractivity contribution < 1.29 is 17.6 Å². The number of nitrogens with zero attached hydrogens (tertiary/aromatic N) is 1. The lowest BCUT2D eigenvalue weighted by Crippen LogP contribution is -2.24. The fourth-order valence-corrected chi connectivity index (χ4v) is 1.66. The van der Waals surface area contributed by atoms with Gasteiger partial charge in [-0.2, -0.15) is 5.10 Å². The van der Waals surface area contributed by atoms with Gasteiger partial charge in [-0.3, -0.25) is 5.43 Å². The summed E-state index contributed by atoms with van der Waals surface area (Å²) in [4.78, 5) is 0. The number of nitrogens with one attached hydrogen (secondary N) is 2. The summed E-state index contributed by atoms with van der Waals surface area (Å²) >= 11 is 4.86. The van der Waals surface area contributed by atoms with E-state index >= 15 is 0 Å². The molecule has 0 unspecified atom stereocenters. The third-order valence-electron chi connectivity index (χ3n) is 2.50. The molecule has 22 heavy (non-hydrogen) atoms. The summed E-state index contributed by atoms with van der Waals surface area (Å²) in [7, 11) is 0. The molecule has 2 aromatic carbocycles. The topological polar surface area (TPSA) is 36.4 Å². The Bertz CT molecular complexity index is 734. The molecule has 0 fully saturated rings. The Balaban J connectivity index is 1.94. The predicted octanol–water partition coefficient (Wildman–Crippen LogP) is 3.56. The molecule has 0 aliphatic rings. The molecule has 2 N–H and O–H groups in total. The highest BCUT2D eigenvalue weighted by molar-refractivity contribution is 7.80. The van der Waals surface area contributed by atoms with Gasteiger partial charge in [0.15, 0.2) is 16.7 Å². The van der Waals surface area contributed by atoms with Gasteiger partial charge in [0, 0.05) is 6.07 Å². The fourth-order valence-electron chi connectivity index (χ4n) is 1.50. The monoisotopic (exact) mass is 327 g/mol. The molecule has 0 bridgehead atoms. The zero-order valence-corrected chi connectivity index (χ0v) is 11.7. The second kappa shape index (κ2) is 6.99.